The highest BCUT2D eigenvalue weighted by molar-refractivity contribution is 7.13. The quantitative estimate of drug-likeness (QED) is 0.857. The summed E-state index contributed by atoms with van der Waals surface area (Å²) < 4.78 is 0. The summed E-state index contributed by atoms with van der Waals surface area (Å²) in [7, 11) is 0. The number of hydrogen-bond donors (Lipinski definition) is 2. The molecule has 1 amide bonds. The molecule has 0 saturated carbocycles. The molecule has 1 aliphatic heterocycles. The number of hydrogen-bond acceptors (Lipinski definition) is 4. The molecule has 0 aromatic carbocycles. The van der Waals surface area contributed by atoms with E-state index >= 15 is 0 Å². The first-order chi connectivity index (χ1) is 8.16. The van der Waals surface area contributed by atoms with Crippen molar-refractivity contribution in [1.29, 1.82) is 0 Å². The first-order valence-electron chi connectivity index (χ1n) is 6.12. The van der Waals surface area contributed by atoms with E-state index in [-0.39, 0.29) is 5.91 Å². The number of carbonyl (C=O) groups excluding carboxylic acids is 1. The molecule has 0 radical (unpaired) electrons. The first kappa shape index (κ1) is 12.5. The van der Waals surface area contributed by atoms with Gasteiger partial charge in [-0.3, -0.25) is 4.79 Å². The Balaban J connectivity index is 1.78. The lowest BCUT2D eigenvalue weighted by Crippen LogP contribution is -2.30. The third-order valence-electron chi connectivity index (χ3n) is 3.05. The summed E-state index contributed by atoms with van der Waals surface area (Å²) in [6, 6.07) is 0.583. The van der Waals surface area contributed by atoms with Crippen LogP contribution in [0, 0.1) is 13.8 Å². The highest BCUT2D eigenvalue weighted by atomic mass is 32.1. The normalized spacial score (nSPS) is 19.5. The summed E-state index contributed by atoms with van der Waals surface area (Å²) in [4.78, 5) is 16.9. The Morgan fingerprint density at radius 2 is 2.41 bits per heavy atom. The number of aromatic nitrogens is 1. The van der Waals surface area contributed by atoms with Crippen molar-refractivity contribution in [2.75, 3.05) is 13.1 Å². The molecule has 1 fully saturated rings. The molecule has 0 aliphatic carbocycles. The average Bonchev–Trinajstić information content (AvgIpc) is 2.88. The van der Waals surface area contributed by atoms with E-state index in [1.54, 1.807) is 0 Å². The number of thiazole rings is 1. The summed E-state index contributed by atoms with van der Waals surface area (Å²) in [5.41, 5.74) is 0.837. The number of aryl methyl sites for hydroxylation is 2. The Kier molecular flexibility index (Phi) is 4.12. The minimum Gasteiger partial charge on any atom is -0.351 e. The zero-order chi connectivity index (χ0) is 12.3. The molecule has 1 aromatic heterocycles. The average molecular weight is 253 g/mol. The van der Waals surface area contributed by atoms with E-state index < -0.39 is 0 Å². The molecular formula is C12H19N3OS. The fraction of sp³-hybridized carbons (Fsp3) is 0.667. The zero-order valence-electron chi connectivity index (χ0n) is 10.4. The number of amides is 1. The molecule has 1 atom stereocenters. The lowest BCUT2D eigenvalue weighted by Gasteiger charge is -2.10. The van der Waals surface area contributed by atoms with Crippen LogP contribution in [-0.4, -0.2) is 30.0 Å². The minimum absolute atomic E-state index is 0.0195. The smallest absolute Gasteiger partial charge is 0.263 e. The van der Waals surface area contributed by atoms with Crippen molar-refractivity contribution in [1.82, 2.24) is 15.6 Å². The van der Waals surface area contributed by atoms with Crippen LogP contribution in [0.15, 0.2) is 0 Å². The Morgan fingerprint density at radius 3 is 3.00 bits per heavy atom. The molecule has 1 aliphatic rings. The maximum atomic E-state index is 11.9. The number of rotatable bonds is 4. The van der Waals surface area contributed by atoms with Gasteiger partial charge in [-0.1, -0.05) is 0 Å². The van der Waals surface area contributed by atoms with Gasteiger partial charge in [0.2, 0.25) is 0 Å². The minimum atomic E-state index is 0.0195. The molecule has 94 valence electrons. The molecule has 0 bridgehead atoms. The monoisotopic (exact) mass is 253 g/mol. The van der Waals surface area contributed by atoms with Crippen LogP contribution in [-0.2, 0) is 0 Å². The van der Waals surface area contributed by atoms with E-state index in [2.05, 4.69) is 15.6 Å². The first-order valence-corrected chi connectivity index (χ1v) is 6.94. The fourth-order valence-corrected chi connectivity index (χ4v) is 3.02. The van der Waals surface area contributed by atoms with Gasteiger partial charge in [0, 0.05) is 12.6 Å². The summed E-state index contributed by atoms with van der Waals surface area (Å²) in [5.74, 6) is 0.0195. The van der Waals surface area contributed by atoms with Crippen molar-refractivity contribution < 1.29 is 4.79 Å². The van der Waals surface area contributed by atoms with Gasteiger partial charge in [0.25, 0.3) is 5.91 Å². The molecule has 2 N–H and O–H groups in total. The fourth-order valence-electron chi connectivity index (χ4n) is 2.19. The van der Waals surface area contributed by atoms with Gasteiger partial charge in [-0.05, 0) is 39.7 Å². The van der Waals surface area contributed by atoms with E-state index in [0.717, 1.165) is 35.1 Å². The van der Waals surface area contributed by atoms with Crippen LogP contribution in [0.1, 0.15) is 39.6 Å². The lowest BCUT2D eigenvalue weighted by molar-refractivity contribution is 0.0955. The van der Waals surface area contributed by atoms with Gasteiger partial charge in [0.15, 0.2) is 0 Å². The van der Waals surface area contributed by atoms with Gasteiger partial charge in [0.05, 0.1) is 10.7 Å². The predicted molar refractivity (Wildman–Crippen MR) is 69.6 cm³/mol. The molecule has 1 aromatic rings. The van der Waals surface area contributed by atoms with Crippen molar-refractivity contribution in [3.05, 3.63) is 15.6 Å². The number of nitrogens with one attached hydrogen (secondary N) is 2. The summed E-state index contributed by atoms with van der Waals surface area (Å²) >= 11 is 1.47. The van der Waals surface area contributed by atoms with Crippen LogP contribution in [0.2, 0.25) is 0 Å². The predicted octanol–water partition coefficient (Wildman–Crippen LogP) is 1.63. The Hall–Kier alpha value is -0.940. The largest absolute Gasteiger partial charge is 0.351 e. The highest BCUT2D eigenvalue weighted by Gasteiger charge is 2.16. The molecule has 1 saturated heterocycles. The van der Waals surface area contributed by atoms with Gasteiger partial charge in [-0.15, -0.1) is 11.3 Å². The topological polar surface area (TPSA) is 54.0 Å². The van der Waals surface area contributed by atoms with E-state index in [1.165, 1.54) is 24.2 Å². The van der Waals surface area contributed by atoms with Crippen molar-refractivity contribution in [3.8, 4) is 0 Å². The third-order valence-corrected chi connectivity index (χ3v) is 4.12. The highest BCUT2D eigenvalue weighted by Crippen LogP contribution is 2.16. The Labute approximate surface area is 106 Å². The van der Waals surface area contributed by atoms with Gasteiger partial charge < -0.3 is 10.6 Å². The molecular weight excluding hydrogens is 234 g/mol. The second-order valence-electron chi connectivity index (χ2n) is 4.49. The second kappa shape index (κ2) is 5.60. The SMILES string of the molecule is Cc1nc(C)c(C(=O)NCCC2CCCN2)s1. The van der Waals surface area contributed by atoms with E-state index in [1.807, 2.05) is 13.8 Å². The van der Waals surface area contributed by atoms with Crippen LogP contribution >= 0.6 is 11.3 Å². The molecule has 1 unspecified atom stereocenters. The van der Waals surface area contributed by atoms with Crippen molar-refractivity contribution >= 4 is 17.2 Å². The molecule has 5 heteroatoms. The van der Waals surface area contributed by atoms with E-state index in [4.69, 9.17) is 0 Å². The standard InChI is InChI=1S/C12H19N3OS/c1-8-11(17-9(2)15-8)12(16)14-7-5-10-4-3-6-13-10/h10,13H,3-7H2,1-2H3,(H,14,16). The molecule has 0 spiro atoms. The van der Waals surface area contributed by atoms with Crippen molar-refractivity contribution in [3.63, 3.8) is 0 Å². The zero-order valence-corrected chi connectivity index (χ0v) is 11.2. The van der Waals surface area contributed by atoms with Crippen LogP contribution in [0.5, 0.6) is 0 Å². The van der Waals surface area contributed by atoms with Crippen LogP contribution in [0.4, 0.5) is 0 Å². The van der Waals surface area contributed by atoms with E-state index in [0.29, 0.717) is 6.04 Å². The maximum Gasteiger partial charge on any atom is 0.263 e. The molecule has 17 heavy (non-hydrogen) atoms. The number of carbonyl (C=O) groups is 1. The third kappa shape index (κ3) is 3.26. The maximum absolute atomic E-state index is 11.9. The molecule has 4 nitrogen and oxygen atoms in total. The van der Waals surface area contributed by atoms with Gasteiger partial charge in [-0.2, -0.15) is 0 Å². The molecule has 2 heterocycles. The van der Waals surface area contributed by atoms with Gasteiger partial charge in [-0.25, -0.2) is 4.98 Å². The van der Waals surface area contributed by atoms with Crippen LogP contribution in [0.25, 0.3) is 0 Å². The van der Waals surface area contributed by atoms with Crippen molar-refractivity contribution in [2.45, 2.75) is 39.2 Å². The van der Waals surface area contributed by atoms with Crippen LogP contribution in [0.3, 0.4) is 0 Å². The molecule has 2 rings (SSSR count). The summed E-state index contributed by atoms with van der Waals surface area (Å²) in [6.07, 6.45) is 3.50. The van der Waals surface area contributed by atoms with Crippen molar-refractivity contribution in [2.24, 2.45) is 0 Å². The second-order valence-corrected chi connectivity index (χ2v) is 5.69. The van der Waals surface area contributed by atoms with Crippen LogP contribution < -0.4 is 10.6 Å². The van der Waals surface area contributed by atoms with Gasteiger partial charge in [0.1, 0.15) is 4.88 Å². The van der Waals surface area contributed by atoms with Gasteiger partial charge >= 0.3 is 0 Å². The van der Waals surface area contributed by atoms with E-state index in [9.17, 15) is 4.79 Å². The summed E-state index contributed by atoms with van der Waals surface area (Å²) in [6.45, 7) is 5.67. The Morgan fingerprint density at radius 1 is 1.59 bits per heavy atom. The Bertz CT molecular complexity index is 396. The lowest BCUT2D eigenvalue weighted by atomic mass is 10.1. The summed E-state index contributed by atoms with van der Waals surface area (Å²) in [5, 5.41) is 7.35. The number of nitrogens with zero attached hydrogens (tertiary/aromatic N) is 1.